The molecule has 0 spiro atoms. The number of benzene rings is 2. The predicted molar refractivity (Wildman–Crippen MR) is 84.7 cm³/mol. The lowest BCUT2D eigenvalue weighted by molar-refractivity contribution is -0.140. The highest BCUT2D eigenvalue weighted by Gasteiger charge is 2.06. The fraction of sp³-hybridized carbons (Fsp3) is 0.263. The van der Waals surface area contributed by atoms with Gasteiger partial charge in [0, 0.05) is 0 Å². The average Bonchev–Trinajstić information content (AvgIpc) is 2.52. The van der Waals surface area contributed by atoms with E-state index in [4.69, 9.17) is 4.74 Å². The third-order valence-corrected chi connectivity index (χ3v) is 3.28. The molecule has 0 bridgehead atoms. The normalized spacial score (nSPS) is 10.3. The topological polar surface area (TPSA) is 26.3 Å². The SMILES string of the molecule is CCCCc1cccc([CH]C(=O)OCc2ccccc2)c1. The number of carbonyl (C=O) groups is 1. The highest BCUT2D eigenvalue weighted by Crippen LogP contribution is 2.11. The Morgan fingerprint density at radius 3 is 2.57 bits per heavy atom. The first-order chi connectivity index (χ1) is 10.3. The summed E-state index contributed by atoms with van der Waals surface area (Å²) < 4.78 is 5.26. The third-order valence-electron chi connectivity index (χ3n) is 3.28. The summed E-state index contributed by atoms with van der Waals surface area (Å²) in [5.74, 6) is -0.300. The molecule has 0 aliphatic heterocycles. The molecule has 0 amide bonds. The number of unbranched alkanes of at least 4 members (excludes halogenated alkanes) is 1. The van der Waals surface area contributed by atoms with Gasteiger partial charge in [-0.2, -0.15) is 0 Å². The van der Waals surface area contributed by atoms with Gasteiger partial charge in [0.1, 0.15) is 6.61 Å². The molecule has 0 saturated heterocycles. The van der Waals surface area contributed by atoms with Crippen LogP contribution in [0.5, 0.6) is 0 Å². The van der Waals surface area contributed by atoms with Crippen LogP contribution in [-0.4, -0.2) is 5.97 Å². The van der Waals surface area contributed by atoms with Crippen LogP contribution in [0.4, 0.5) is 0 Å². The Labute approximate surface area is 126 Å². The smallest absolute Gasteiger partial charge is 0.314 e. The number of esters is 1. The molecule has 21 heavy (non-hydrogen) atoms. The van der Waals surface area contributed by atoms with Crippen molar-refractivity contribution < 1.29 is 9.53 Å². The van der Waals surface area contributed by atoms with Gasteiger partial charge in [-0.25, -0.2) is 0 Å². The Balaban J connectivity index is 1.84. The molecule has 2 aromatic carbocycles. The van der Waals surface area contributed by atoms with Crippen molar-refractivity contribution in [3.05, 3.63) is 77.7 Å². The Morgan fingerprint density at radius 2 is 1.81 bits per heavy atom. The minimum Gasteiger partial charge on any atom is -0.460 e. The van der Waals surface area contributed by atoms with Crippen LogP contribution in [0.3, 0.4) is 0 Å². The van der Waals surface area contributed by atoms with Crippen molar-refractivity contribution in [1.82, 2.24) is 0 Å². The number of rotatable bonds is 7. The van der Waals surface area contributed by atoms with Crippen molar-refractivity contribution in [2.24, 2.45) is 0 Å². The zero-order valence-corrected chi connectivity index (χ0v) is 12.4. The largest absolute Gasteiger partial charge is 0.460 e. The fourth-order valence-corrected chi connectivity index (χ4v) is 2.13. The summed E-state index contributed by atoms with van der Waals surface area (Å²) in [5, 5.41) is 0. The van der Waals surface area contributed by atoms with Crippen molar-refractivity contribution in [3.8, 4) is 0 Å². The molecule has 2 rings (SSSR count). The van der Waals surface area contributed by atoms with Gasteiger partial charge in [-0.1, -0.05) is 67.9 Å². The molecule has 2 aromatic rings. The lowest BCUT2D eigenvalue weighted by Gasteiger charge is -2.06. The van der Waals surface area contributed by atoms with Crippen LogP contribution >= 0.6 is 0 Å². The molecule has 1 radical (unpaired) electrons. The monoisotopic (exact) mass is 281 g/mol. The van der Waals surface area contributed by atoms with Gasteiger partial charge >= 0.3 is 5.97 Å². The number of aryl methyl sites for hydroxylation is 1. The quantitative estimate of drug-likeness (QED) is 0.706. The Morgan fingerprint density at radius 1 is 1.05 bits per heavy atom. The Bertz CT molecular complexity index is 561. The summed E-state index contributed by atoms with van der Waals surface area (Å²) in [5.41, 5.74) is 3.17. The summed E-state index contributed by atoms with van der Waals surface area (Å²) in [6.07, 6.45) is 4.95. The molecule has 0 aliphatic rings. The van der Waals surface area contributed by atoms with Gasteiger partial charge in [-0.05, 0) is 29.5 Å². The Kier molecular flexibility index (Phi) is 6.01. The molecule has 2 heteroatoms. The molecule has 0 unspecified atom stereocenters. The highest BCUT2D eigenvalue weighted by molar-refractivity contribution is 5.83. The van der Waals surface area contributed by atoms with E-state index in [-0.39, 0.29) is 5.97 Å². The van der Waals surface area contributed by atoms with E-state index in [0.717, 1.165) is 17.5 Å². The van der Waals surface area contributed by atoms with Crippen molar-refractivity contribution >= 4 is 5.97 Å². The zero-order valence-electron chi connectivity index (χ0n) is 12.4. The first-order valence-corrected chi connectivity index (χ1v) is 7.42. The highest BCUT2D eigenvalue weighted by atomic mass is 16.5. The molecule has 0 aliphatic carbocycles. The first-order valence-electron chi connectivity index (χ1n) is 7.42. The zero-order chi connectivity index (χ0) is 14.9. The number of carbonyl (C=O) groups excluding carboxylic acids is 1. The summed E-state index contributed by atoms with van der Waals surface area (Å²) in [7, 11) is 0. The van der Waals surface area contributed by atoms with Crippen molar-refractivity contribution in [2.45, 2.75) is 32.8 Å². The van der Waals surface area contributed by atoms with E-state index >= 15 is 0 Å². The second-order valence-corrected chi connectivity index (χ2v) is 5.09. The lowest BCUT2D eigenvalue weighted by Crippen LogP contribution is -2.06. The molecule has 0 N–H and O–H groups in total. The van der Waals surface area contributed by atoms with E-state index in [1.165, 1.54) is 18.4 Å². The van der Waals surface area contributed by atoms with Gasteiger partial charge in [-0.15, -0.1) is 0 Å². The second-order valence-electron chi connectivity index (χ2n) is 5.09. The average molecular weight is 281 g/mol. The molecule has 2 nitrogen and oxygen atoms in total. The number of ether oxygens (including phenoxy) is 1. The molecule has 0 aromatic heterocycles. The molecule has 0 saturated carbocycles. The summed E-state index contributed by atoms with van der Waals surface area (Å²) >= 11 is 0. The Hall–Kier alpha value is -2.09. The third kappa shape index (κ3) is 5.42. The van der Waals surface area contributed by atoms with Gasteiger partial charge in [0.25, 0.3) is 0 Å². The fourth-order valence-electron chi connectivity index (χ4n) is 2.13. The lowest BCUT2D eigenvalue weighted by atomic mass is 10.0. The summed E-state index contributed by atoms with van der Waals surface area (Å²) in [4.78, 5) is 11.8. The number of hydrogen-bond donors (Lipinski definition) is 0. The van der Waals surface area contributed by atoms with Gasteiger partial charge in [0.2, 0.25) is 0 Å². The summed E-state index contributed by atoms with van der Waals surface area (Å²) in [6.45, 7) is 2.49. The van der Waals surface area contributed by atoms with Crippen LogP contribution in [0.2, 0.25) is 0 Å². The van der Waals surface area contributed by atoms with Crippen molar-refractivity contribution in [1.29, 1.82) is 0 Å². The van der Waals surface area contributed by atoms with E-state index in [0.29, 0.717) is 6.61 Å². The maximum Gasteiger partial charge on any atom is 0.314 e. The van der Waals surface area contributed by atoms with E-state index in [9.17, 15) is 4.79 Å². The predicted octanol–water partition coefficient (Wildman–Crippen LogP) is 4.32. The maximum absolute atomic E-state index is 11.8. The van der Waals surface area contributed by atoms with Crippen molar-refractivity contribution in [3.63, 3.8) is 0 Å². The van der Waals surface area contributed by atoms with Gasteiger partial charge in [0.05, 0.1) is 6.42 Å². The van der Waals surface area contributed by atoms with Crippen LogP contribution < -0.4 is 0 Å². The van der Waals surface area contributed by atoms with Crippen LogP contribution in [0.15, 0.2) is 54.6 Å². The standard InChI is InChI=1S/C19H21O2/c1-2-3-8-16-11-7-12-18(13-16)14-19(20)21-15-17-9-5-4-6-10-17/h4-7,9-14H,2-3,8,15H2,1H3. The van der Waals surface area contributed by atoms with Crippen LogP contribution in [0.25, 0.3) is 0 Å². The van der Waals surface area contributed by atoms with E-state index in [2.05, 4.69) is 19.1 Å². The molecular weight excluding hydrogens is 260 g/mol. The van der Waals surface area contributed by atoms with E-state index in [1.807, 2.05) is 42.5 Å². The molecule has 109 valence electrons. The second kappa shape index (κ2) is 8.25. The maximum atomic E-state index is 11.8. The van der Waals surface area contributed by atoms with Crippen LogP contribution in [-0.2, 0) is 22.6 Å². The molecule has 0 fully saturated rings. The van der Waals surface area contributed by atoms with E-state index < -0.39 is 0 Å². The molecular formula is C19H21O2. The van der Waals surface area contributed by atoms with E-state index in [1.54, 1.807) is 6.42 Å². The molecule has 0 atom stereocenters. The van der Waals surface area contributed by atoms with Crippen molar-refractivity contribution in [2.75, 3.05) is 0 Å². The van der Waals surface area contributed by atoms with Gasteiger partial charge < -0.3 is 4.74 Å². The minimum absolute atomic E-state index is 0.300. The molecule has 0 heterocycles. The first kappa shape index (κ1) is 15.3. The van der Waals surface area contributed by atoms with Gasteiger partial charge in [0.15, 0.2) is 0 Å². The van der Waals surface area contributed by atoms with Crippen LogP contribution in [0.1, 0.15) is 36.5 Å². The summed E-state index contributed by atoms with van der Waals surface area (Å²) in [6, 6.07) is 17.8. The van der Waals surface area contributed by atoms with Crippen LogP contribution in [0, 0.1) is 6.42 Å². The minimum atomic E-state index is -0.300. The van der Waals surface area contributed by atoms with Gasteiger partial charge in [-0.3, -0.25) is 4.79 Å². The number of hydrogen-bond acceptors (Lipinski definition) is 2.